The number of carbonyl (C=O) groups is 1. The molecule has 0 saturated carbocycles. The monoisotopic (exact) mass is 288 g/mol. The number of hydrogen-bond donors (Lipinski definition) is 1. The van der Waals surface area contributed by atoms with Crippen LogP contribution < -0.4 is 4.72 Å². The molecular weight excluding hydrogens is 270 g/mol. The molecule has 0 radical (unpaired) electrons. The molecule has 3 nitrogen and oxygen atoms in total. The first kappa shape index (κ1) is 14.5. The summed E-state index contributed by atoms with van der Waals surface area (Å²) in [6.45, 7) is 2.33. The molecule has 0 bridgehead atoms. The molecule has 2 aromatic carbocycles. The van der Waals surface area contributed by atoms with Crippen LogP contribution in [-0.2, 0) is 22.4 Å². The predicted molar refractivity (Wildman–Crippen MR) is 82.5 cm³/mol. The van der Waals surface area contributed by atoms with Crippen LogP contribution in [0.1, 0.15) is 11.1 Å². The van der Waals surface area contributed by atoms with Crippen molar-refractivity contribution in [3.05, 3.63) is 65.7 Å². The van der Waals surface area contributed by atoms with Crippen molar-refractivity contribution < 1.29 is 9.53 Å². The van der Waals surface area contributed by atoms with Crippen molar-refractivity contribution in [2.45, 2.75) is 18.4 Å². The molecular formula is C16H18NO2S+. The zero-order chi connectivity index (χ0) is 14.4. The van der Waals surface area contributed by atoms with Crippen LogP contribution in [0.2, 0.25) is 0 Å². The molecule has 0 spiro atoms. The summed E-state index contributed by atoms with van der Waals surface area (Å²) in [6.07, 6.45) is 1.58. The Bertz CT molecular complexity index is 554. The number of nitrogens with one attached hydrogen (secondary N) is 1. The molecule has 1 unspecified atom stereocenters. The summed E-state index contributed by atoms with van der Waals surface area (Å²) in [5, 5.41) is 0. The fourth-order valence-electron chi connectivity index (χ4n) is 1.68. The topological polar surface area (TPSA) is 38.3 Å². The van der Waals surface area contributed by atoms with Gasteiger partial charge >= 0.3 is 6.09 Å². The van der Waals surface area contributed by atoms with Crippen molar-refractivity contribution in [2.24, 2.45) is 0 Å². The SMILES string of the molecule is Cc1ccc([S+](C)NC(=O)OCc2ccccc2)cc1. The first-order chi connectivity index (χ1) is 9.65. The van der Waals surface area contributed by atoms with Crippen LogP contribution in [0.25, 0.3) is 0 Å². The van der Waals surface area contributed by atoms with Crippen LogP contribution in [0.3, 0.4) is 0 Å². The van der Waals surface area contributed by atoms with E-state index in [9.17, 15) is 4.79 Å². The van der Waals surface area contributed by atoms with Crippen LogP contribution in [-0.4, -0.2) is 12.3 Å². The van der Waals surface area contributed by atoms with E-state index in [1.165, 1.54) is 5.56 Å². The van der Waals surface area contributed by atoms with Crippen LogP contribution in [0.15, 0.2) is 59.5 Å². The zero-order valence-electron chi connectivity index (χ0n) is 11.6. The Balaban J connectivity index is 1.83. The molecule has 2 rings (SSSR count). The molecule has 0 aliphatic rings. The Hall–Kier alpha value is -1.94. The minimum atomic E-state index is -0.389. The van der Waals surface area contributed by atoms with Crippen LogP contribution >= 0.6 is 0 Å². The lowest BCUT2D eigenvalue weighted by Crippen LogP contribution is -2.30. The van der Waals surface area contributed by atoms with E-state index in [4.69, 9.17) is 4.74 Å². The summed E-state index contributed by atoms with van der Waals surface area (Å²) in [4.78, 5) is 12.8. The van der Waals surface area contributed by atoms with Gasteiger partial charge in [-0.15, -0.1) is 4.72 Å². The molecule has 0 aliphatic carbocycles. The van der Waals surface area contributed by atoms with Crippen LogP contribution in [0, 0.1) is 6.92 Å². The van der Waals surface area contributed by atoms with Gasteiger partial charge in [0.2, 0.25) is 0 Å². The van der Waals surface area contributed by atoms with Gasteiger partial charge < -0.3 is 4.74 Å². The highest BCUT2D eigenvalue weighted by Gasteiger charge is 2.20. The number of hydrogen-bond acceptors (Lipinski definition) is 2. The first-order valence-electron chi connectivity index (χ1n) is 6.35. The van der Waals surface area contributed by atoms with Crippen molar-refractivity contribution in [3.63, 3.8) is 0 Å². The van der Waals surface area contributed by atoms with Gasteiger partial charge in [0.1, 0.15) is 23.9 Å². The Morgan fingerprint density at radius 1 is 1.10 bits per heavy atom. The van der Waals surface area contributed by atoms with E-state index in [2.05, 4.69) is 4.72 Å². The smallest absolute Gasteiger partial charge is 0.442 e. The van der Waals surface area contributed by atoms with E-state index in [1.807, 2.05) is 67.8 Å². The van der Waals surface area contributed by atoms with Gasteiger partial charge in [-0.25, -0.2) is 4.79 Å². The second kappa shape index (κ2) is 7.01. The van der Waals surface area contributed by atoms with Gasteiger partial charge in [0.25, 0.3) is 0 Å². The molecule has 0 fully saturated rings. The molecule has 4 heteroatoms. The number of aryl methyl sites for hydroxylation is 1. The summed E-state index contributed by atoms with van der Waals surface area (Å²) < 4.78 is 8.05. The van der Waals surface area contributed by atoms with E-state index in [-0.39, 0.29) is 23.8 Å². The summed E-state index contributed by atoms with van der Waals surface area (Å²) in [5.41, 5.74) is 2.19. The van der Waals surface area contributed by atoms with Gasteiger partial charge in [-0.1, -0.05) is 48.0 Å². The first-order valence-corrected chi connectivity index (χ1v) is 7.98. The molecule has 2 aromatic rings. The maximum absolute atomic E-state index is 11.7. The molecule has 1 N–H and O–H groups in total. The Labute approximate surface area is 122 Å². The molecule has 104 valence electrons. The molecule has 0 aromatic heterocycles. The van der Waals surface area contributed by atoms with Crippen molar-refractivity contribution in [2.75, 3.05) is 6.26 Å². The number of benzene rings is 2. The zero-order valence-corrected chi connectivity index (χ0v) is 12.4. The van der Waals surface area contributed by atoms with Crippen LogP contribution in [0.4, 0.5) is 4.79 Å². The van der Waals surface area contributed by atoms with E-state index in [1.54, 1.807) is 0 Å². The highest BCUT2D eigenvalue weighted by molar-refractivity contribution is 7.94. The van der Waals surface area contributed by atoms with E-state index in [0.717, 1.165) is 10.5 Å². The molecule has 20 heavy (non-hydrogen) atoms. The van der Waals surface area contributed by atoms with Gasteiger partial charge in [-0.05, 0) is 24.6 Å². The molecule has 0 saturated heterocycles. The van der Waals surface area contributed by atoms with Crippen molar-refractivity contribution in [1.29, 1.82) is 0 Å². The van der Waals surface area contributed by atoms with Crippen LogP contribution in [0.5, 0.6) is 0 Å². The van der Waals surface area contributed by atoms with Gasteiger partial charge in [0.15, 0.2) is 4.90 Å². The third kappa shape index (κ3) is 4.31. The summed E-state index contributed by atoms with van der Waals surface area (Å²) in [5.74, 6) is 0. The fourth-order valence-corrected chi connectivity index (χ4v) is 2.65. The standard InChI is InChI=1S/C16H17NO2S/c1-13-8-10-15(11-9-13)20(2)17-16(18)19-12-14-6-4-3-5-7-14/h3-11H,12H2,1-2H3/p+1. The number of rotatable bonds is 4. The Kier molecular flexibility index (Phi) is 5.07. The number of ether oxygens (including phenoxy) is 1. The molecule has 0 heterocycles. The van der Waals surface area contributed by atoms with E-state index in [0.29, 0.717) is 0 Å². The molecule has 1 atom stereocenters. The van der Waals surface area contributed by atoms with Gasteiger partial charge in [-0.3, -0.25) is 0 Å². The summed E-state index contributed by atoms with van der Waals surface area (Å²) in [7, 11) is 0. The fraction of sp³-hybridized carbons (Fsp3) is 0.188. The summed E-state index contributed by atoms with van der Waals surface area (Å²) >= 11 is -0.354. The maximum Gasteiger partial charge on any atom is 0.449 e. The van der Waals surface area contributed by atoms with E-state index < -0.39 is 0 Å². The highest BCUT2D eigenvalue weighted by atomic mass is 32.2. The van der Waals surface area contributed by atoms with Crippen molar-refractivity contribution in [1.82, 2.24) is 4.72 Å². The minimum absolute atomic E-state index is 0.289. The summed E-state index contributed by atoms with van der Waals surface area (Å²) in [6, 6.07) is 17.8. The lowest BCUT2D eigenvalue weighted by atomic mass is 10.2. The quantitative estimate of drug-likeness (QED) is 0.875. The van der Waals surface area contributed by atoms with Gasteiger partial charge in [0.05, 0.1) is 0 Å². The average molecular weight is 288 g/mol. The Morgan fingerprint density at radius 3 is 2.40 bits per heavy atom. The van der Waals surface area contributed by atoms with Crippen molar-refractivity contribution in [3.8, 4) is 0 Å². The van der Waals surface area contributed by atoms with Gasteiger partial charge in [0, 0.05) is 0 Å². The lowest BCUT2D eigenvalue weighted by molar-refractivity contribution is 0.146. The maximum atomic E-state index is 11.7. The Morgan fingerprint density at radius 2 is 1.75 bits per heavy atom. The molecule has 1 amide bonds. The lowest BCUT2D eigenvalue weighted by Gasteiger charge is -2.06. The predicted octanol–water partition coefficient (Wildman–Crippen LogP) is 3.44. The number of carbonyl (C=O) groups excluding carboxylic acids is 1. The van der Waals surface area contributed by atoms with Crippen molar-refractivity contribution >= 4 is 17.2 Å². The van der Waals surface area contributed by atoms with E-state index >= 15 is 0 Å². The minimum Gasteiger partial charge on any atom is -0.442 e. The normalized spacial score (nSPS) is 11.7. The second-order valence-corrected chi connectivity index (χ2v) is 6.18. The average Bonchev–Trinajstić information content (AvgIpc) is 2.47. The highest BCUT2D eigenvalue weighted by Crippen LogP contribution is 2.10. The molecule has 0 aliphatic heterocycles. The third-order valence-electron chi connectivity index (χ3n) is 2.82. The third-order valence-corrected chi connectivity index (χ3v) is 4.28. The largest absolute Gasteiger partial charge is 0.449 e. The second-order valence-electron chi connectivity index (χ2n) is 4.49. The van der Waals surface area contributed by atoms with Gasteiger partial charge in [-0.2, -0.15) is 0 Å². The number of amides is 1.